The number of nitriles is 1. The van der Waals surface area contributed by atoms with Gasteiger partial charge < -0.3 is 20.9 Å². The highest BCUT2D eigenvalue weighted by molar-refractivity contribution is 6.30. The molecule has 1 aromatic rings. The second-order valence-electron chi connectivity index (χ2n) is 10.7. The Morgan fingerprint density at radius 3 is 2.70 bits per heavy atom. The summed E-state index contributed by atoms with van der Waals surface area (Å²) in [5, 5.41) is 18.7. The van der Waals surface area contributed by atoms with Crippen LogP contribution < -0.4 is 16.0 Å². The van der Waals surface area contributed by atoms with Gasteiger partial charge in [-0.25, -0.2) is 8.78 Å². The standard InChI is InChI=1S/C26H30ClF2N5O3/c27-16-4-1-5-17(12-16)33-25(8-9-25)24(37)34-19-6-7-20(26(28,29)13-19)21(34)23(36)32-18(14-30)11-15-3-2-10-31-22(15)35/h1,4-5,12,15,18-21,33H,2-3,6-11,13H2,(H,31,35)(H,32,36)/t15-,18-,19-,20-,21+/m1/s1. The molecule has 5 atom stereocenters. The lowest BCUT2D eigenvalue weighted by Gasteiger charge is -2.54. The van der Waals surface area contributed by atoms with E-state index in [1.54, 1.807) is 24.3 Å². The van der Waals surface area contributed by atoms with Gasteiger partial charge in [-0.2, -0.15) is 5.26 Å². The molecule has 5 aliphatic rings. The molecule has 3 N–H and O–H groups in total. The first-order valence-corrected chi connectivity index (χ1v) is 13.2. The van der Waals surface area contributed by atoms with Crippen LogP contribution in [0.3, 0.4) is 0 Å². The van der Waals surface area contributed by atoms with Gasteiger partial charge in [0, 0.05) is 35.6 Å². The molecule has 5 fully saturated rings. The molecule has 198 valence electrons. The van der Waals surface area contributed by atoms with Crippen molar-refractivity contribution in [3.63, 3.8) is 0 Å². The third-order valence-corrected chi connectivity index (χ3v) is 8.43. The monoisotopic (exact) mass is 533 g/mol. The quantitative estimate of drug-likeness (QED) is 0.498. The molecule has 0 radical (unpaired) electrons. The predicted octanol–water partition coefficient (Wildman–Crippen LogP) is 3.22. The number of hydrogen-bond donors (Lipinski definition) is 3. The Morgan fingerprint density at radius 2 is 2.05 bits per heavy atom. The number of rotatable bonds is 7. The fourth-order valence-electron chi connectivity index (χ4n) is 6.15. The van der Waals surface area contributed by atoms with Crippen LogP contribution >= 0.6 is 11.6 Å². The Bertz CT molecular complexity index is 1140. The van der Waals surface area contributed by atoms with Gasteiger partial charge in [0.2, 0.25) is 17.7 Å². The second kappa shape index (κ2) is 9.75. The van der Waals surface area contributed by atoms with Gasteiger partial charge in [0.25, 0.3) is 5.92 Å². The van der Waals surface area contributed by atoms with E-state index in [0.29, 0.717) is 42.9 Å². The minimum atomic E-state index is -3.09. The fourth-order valence-corrected chi connectivity index (χ4v) is 6.34. The summed E-state index contributed by atoms with van der Waals surface area (Å²) >= 11 is 6.09. The number of halogens is 3. The van der Waals surface area contributed by atoms with Crippen molar-refractivity contribution in [1.82, 2.24) is 15.5 Å². The van der Waals surface area contributed by atoms with Crippen LogP contribution in [0, 0.1) is 23.2 Å². The van der Waals surface area contributed by atoms with Crippen molar-refractivity contribution in [2.75, 3.05) is 11.9 Å². The zero-order valence-corrected chi connectivity index (χ0v) is 21.1. The Labute approximate surface area is 219 Å². The summed E-state index contributed by atoms with van der Waals surface area (Å²) in [6.07, 6.45) is 2.51. The van der Waals surface area contributed by atoms with Gasteiger partial charge in [0.15, 0.2) is 0 Å². The van der Waals surface area contributed by atoms with Crippen LogP contribution in [0.1, 0.15) is 51.4 Å². The lowest BCUT2D eigenvalue weighted by molar-refractivity contribution is -0.195. The number of carbonyl (C=O) groups excluding carboxylic acids is 3. The highest BCUT2D eigenvalue weighted by Crippen LogP contribution is 2.52. The molecular weight excluding hydrogens is 504 g/mol. The highest BCUT2D eigenvalue weighted by Gasteiger charge is 2.64. The zero-order chi connectivity index (χ0) is 26.4. The number of fused-ring (bicyclic) bond motifs is 3. The molecular formula is C26H30ClF2N5O3. The first-order valence-electron chi connectivity index (χ1n) is 12.9. The van der Waals surface area contributed by atoms with E-state index in [1.165, 1.54) is 4.90 Å². The second-order valence-corrected chi connectivity index (χ2v) is 11.2. The normalized spacial score (nSPS) is 30.0. The molecule has 6 rings (SSSR count). The van der Waals surface area contributed by atoms with Crippen LogP contribution in [0.5, 0.6) is 0 Å². The van der Waals surface area contributed by atoms with Crippen LogP contribution in [0.25, 0.3) is 0 Å². The molecule has 1 aromatic carbocycles. The average molecular weight is 534 g/mol. The van der Waals surface area contributed by atoms with E-state index < -0.39 is 53.8 Å². The van der Waals surface area contributed by atoms with Crippen LogP contribution in [-0.4, -0.2) is 58.8 Å². The minimum absolute atomic E-state index is 0.0967. The Hall–Kier alpha value is -2.93. The molecule has 3 aliphatic heterocycles. The van der Waals surface area contributed by atoms with Crippen molar-refractivity contribution in [1.29, 1.82) is 5.26 Å². The lowest BCUT2D eigenvalue weighted by atomic mass is 9.71. The molecule has 0 unspecified atom stereocenters. The number of piperidine rings is 3. The Kier molecular flexibility index (Phi) is 6.77. The molecule has 3 saturated heterocycles. The fraction of sp³-hybridized carbons (Fsp3) is 0.615. The van der Waals surface area contributed by atoms with Gasteiger partial charge >= 0.3 is 0 Å². The van der Waals surface area contributed by atoms with E-state index in [1.807, 2.05) is 6.07 Å². The van der Waals surface area contributed by atoms with Crippen molar-refractivity contribution in [3.8, 4) is 6.07 Å². The summed E-state index contributed by atoms with van der Waals surface area (Å²) < 4.78 is 30.1. The summed E-state index contributed by atoms with van der Waals surface area (Å²) in [7, 11) is 0. The summed E-state index contributed by atoms with van der Waals surface area (Å²) in [5.74, 6) is -6.17. The van der Waals surface area contributed by atoms with Crippen LogP contribution in [0.4, 0.5) is 14.5 Å². The van der Waals surface area contributed by atoms with Crippen molar-refractivity contribution in [2.24, 2.45) is 11.8 Å². The number of benzene rings is 1. The molecule has 2 aliphatic carbocycles. The maximum atomic E-state index is 15.0. The number of hydrogen-bond acceptors (Lipinski definition) is 5. The molecule has 0 spiro atoms. The van der Waals surface area contributed by atoms with Crippen LogP contribution in [-0.2, 0) is 14.4 Å². The molecule has 2 bridgehead atoms. The van der Waals surface area contributed by atoms with Gasteiger partial charge in [0.05, 0.1) is 12.0 Å². The molecule has 3 amide bonds. The lowest BCUT2D eigenvalue weighted by Crippen LogP contribution is -2.70. The predicted molar refractivity (Wildman–Crippen MR) is 132 cm³/mol. The summed E-state index contributed by atoms with van der Waals surface area (Å²) in [6.45, 7) is 0.571. The summed E-state index contributed by atoms with van der Waals surface area (Å²) in [5.41, 5.74) is -0.340. The molecule has 8 nitrogen and oxygen atoms in total. The van der Waals surface area contributed by atoms with E-state index in [9.17, 15) is 19.6 Å². The number of amides is 3. The SMILES string of the molecule is N#C[C@@H](C[C@H]1CCCNC1=O)NC(=O)[C@@H]1[C@H]2CC[C@H](CC2(F)F)N1C(=O)C1(Nc2cccc(Cl)c2)CC1. The summed E-state index contributed by atoms with van der Waals surface area (Å²) in [4.78, 5) is 40.9. The topological polar surface area (TPSA) is 114 Å². The molecule has 3 heterocycles. The number of anilines is 1. The van der Waals surface area contributed by atoms with Crippen molar-refractivity contribution < 1.29 is 23.2 Å². The number of nitrogens with zero attached hydrogens (tertiary/aromatic N) is 2. The molecule has 2 saturated carbocycles. The summed E-state index contributed by atoms with van der Waals surface area (Å²) in [6, 6.07) is 5.75. The number of carbonyl (C=O) groups is 3. The van der Waals surface area contributed by atoms with Gasteiger partial charge in [0.1, 0.15) is 17.6 Å². The first kappa shape index (κ1) is 25.7. The maximum absolute atomic E-state index is 15.0. The molecule has 37 heavy (non-hydrogen) atoms. The van der Waals surface area contributed by atoms with E-state index in [-0.39, 0.29) is 24.7 Å². The smallest absolute Gasteiger partial charge is 0.255 e. The van der Waals surface area contributed by atoms with Crippen molar-refractivity contribution in [2.45, 2.75) is 81.0 Å². The van der Waals surface area contributed by atoms with E-state index >= 15 is 8.78 Å². The van der Waals surface area contributed by atoms with Gasteiger partial charge in [-0.3, -0.25) is 14.4 Å². The van der Waals surface area contributed by atoms with E-state index in [4.69, 9.17) is 11.6 Å². The van der Waals surface area contributed by atoms with Crippen molar-refractivity contribution in [3.05, 3.63) is 29.3 Å². The number of nitrogens with one attached hydrogen (secondary N) is 3. The van der Waals surface area contributed by atoms with E-state index in [2.05, 4.69) is 16.0 Å². The number of alkyl halides is 2. The maximum Gasteiger partial charge on any atom is 0.255 e. The third kappa shape index (κ3) is 4.98. The van der Waals surface area contributed by atoms with Crippen LogP contribution in [0.2, 0.25) is 5.02 Å². The van der Waals surface area contributed by atoms with Gasteiger partial charge in [-0.1, -0.05) is 17.7 Å². The highest BCUT2D eigenvalue weighted by atomic mass is 35.5. The Balaban J connectivity index is 1.37. The third-order valence-electron chi connectivity index (χ3n) is 8.20. The molecule has 0 aromatic heterocycles. The van der Waals surface area contributed by atoms with E-state index in [0.717, 1.165) is 6.42 Å². The molecule has 11 heteroatoms. The minimum Gasteiger partial charge on any atom is -0.371 e. The van der Waals surface area contributed by atoms with Gasteiger partial charge in [-0.15, -0.1) is 0 Å². The Morgan fingerprint density at radius 1 is 1.27 bits per heavy atom. The van der Waals surface area contributed by atoms with Gasteiger partial charge in [-0.05, 0) is 63.1 Å². The average Bonchev–Trinajstić information content (AvgIpc) is 3.64. The zero-order valence-electron chi connectivity index (χ0n) is 20.3. The largest absolute Gasteiger partial charge is 0.371 e. The van der Waals surface area contributed by atoms with Crippen molar-refractivity contribution >= 4 is 35.0 Å². The first-order chi connectivity index (χ1) is 17.6. The van der Waals surface area contributed by atoms with Crippen LogP contribution in [0.15, 0.2) is 24.3 Å².